The molecule has 2 rings (SSSR count). The van der Waals surface area contributed by atoms with Crippen LogP contribution in [-0.4, -0.2) is 37.7 Å². The Labute approximate surface area is 108 Å². The van der Waals surface area contributed by atoms with Crippen molar-refractivity contribution in [3.05, 3.63) is 24.3 Å². The molecule has 1 fully saturated rings. The predicted molar refractivity (Wildman–Crippen MR) is 71.7 cm³/mol. The molecule has 96 valence electrons. The highest BCUT2D eigenvalue weighted by molar-refractivity contribution is 5.51. The summed E-state index contributed by atoms with van der Waals surface area (Å²) >= 11 is 0. The zero-order valence-electron chi connectivity index (χ0n) is 10.9. The summed E-state index contributed by atoms with van der Waals surface area (Å²) in [5.41, 5.74) is 0.499. The number of hydrogen-bond donors (Lipinski definition) is 1. The number of likely N-dealkylation sites (tertiary alicyclic amines) is 1. The van der Waals surface area contributed by atoms with Crippen molar-refractivity contribution in [2.75, 3.05) is 32.6 Å². The first-order valence-corrected chi connectivity index (χ1v) is 6.19. The standard InChI is InChI=1S/C14H19N3O/c1-17-8-6-14(11-15,7-9-17)16-12-4-3-5-13(10-12)18-2/h3-5,10,16H,6-9H2,1-2H3. The maximum atomic E-state index is 9.45. The van der Waals surface area contributed by atoms with Crippen LogP contribution in [0.3, 0.4) is 0 Å². The van der Waals surface area contributed by atoms with Gasteiger partial charge in [-0.05, 0) is 32.0 Å². The average Bonchev–Trinajstić information content (AvgIpc) is 2.42. The Morgan fingerprint density at radius 2 is 2.11 bits per heavy atom. The van der Waals surface area contributed by atoms with Crippen LogP contribution in [-0.2, 0) is 0 Å². The van der Waals surface area contributed by atoms with Crippen molar-refractivity contribution < 1.29 is 4.74 Å². The van der Waals surface area contributed by atoms with E-state index in [1.54, 1.807) is 7.11 Å². The van der Waals surface area contributed by atoms with E-state index in [-0.39, 0.29) is 0 Å². The van der Waals surface area contributed by atoms with Gasteiger partial charge in [0.25, 0.3) is 0 Å². The van der Waals surface area contributed by atoms with Gasteiger partial charge in [-0.2, -0.15) is 5.26 Å². The molecule has 0 saturated carbocycles. The molecule has 0 atom stereocenters. The van der Waals surface area contributed by atoms with Gasteiger partial charge in [0.1, 0.15) is 11.3 Å². The molecule has 1 N–H and O–H groups in total. The Bertz CT molecular complexity index is 445. The van der Waals surface area contributed by atoms with Gasteiger partial charge in [0.2, 0.25) is 0 Å². The molecule has 1 aliphatic rings. The average molecular weight is 245 g/mol. The Morgan fingerprint density at radius 1 is 1.39 bits per heavy atom. The Hall–Kier alpha value is -1.73. The monoisotopic (exact) mass is 245 g/mol. The smallest absolute Gasteiger partial charge is 0.127 e. The van der Waals surface area contributed by atoms with Gasteiger partial charge in [0.05, 0.1) is 13.2 Å². The van der Waals surface area contributed by atoms with Crippen LogP contribution in [0.2, 0.25) is 0 Å². The van der Waals surface area contributed by atoms with E-state index in [1.807, 2.05) is 24.3 Å². The zero-order chi connectivity index (χ0) is 13.0. The lowest BCUT2D eigenvalue weighted by atomic mass is 9.89. The van der Waals surface area contributed by atoms with Gasteiger partial charge in [0.15, 0.2) is 0 Å². The maximum absolute atomic E-state index is 9.45. The SMILES string of the molecule is COc1cccc(NC2(C#N)CCN(C)CC2)c1. The summed E-state index contributed by atoms with van der Waals surface area (Å²) in [6.07, 6.45) is 1.69. The number of piperidine rings is 1. The minimum absolute atomic E-state index is 0.446. The van der Waals surface area contributed by atoms with Crippen molar-refractivity contribution in [2.45, 2.75) is 18.4 Å². The van der Waals surface area contributed by atoms with E-state index < -0.39 is 5.54 Å². The lowest BCUT2D eigenvalue weighted by Crippen LogP contribution is -2.47. The van der Waals surface area contributed by atoms with Crippen molar-refractivity contribution in [3.8, 4) is 11.8 Å². The molecule has 4 heteroatoms. The molecule has 18 heavy (non-hydrogen) atoms. The summed E-state index contributed by atoms with van der Waals surface area (Å²) in [5, 5.41) is 12.8. The number of methoxy groups -OCH3 is 1. The first-order chi connectivity index (χ1) is 8.67. The number of nitrogens with zero attached hydrogens (tertiary/aromatic N) is 2. The van der Waals surface area contributed by atoms with Crippen molar-refractivity contribution >= 4 is 5.69 Å². The van der Waals surface area contributed by atoms with Crippen molar-refractivity contribution in [1.82, 2.24) is 4.90 Å². The number of benzene rings is 1. The van der Waals surface area contributed by atoms with E-state index in [1.165, 1.54) is 0 Å². The third-order valence-corrected chi connectivity index (χ3v) is 3.51. The summed E-state index contributed by atoms with van der Waals surface area (Å²) in [4.78, 5) is 2.25. The topological polar surface area (TPSA) is 48.3 Å². The van der Waals surface area contributed by atoms with Gasteiger partial charge in [-0.15, -0.1) is 0 Å². The second kappa shape index (κ2) is 5.28. The second-order valence-electron chi connectivity index (χ2n) is 4.85. The van der Waals surface area contributed by atoms with Crippen molar-refractivity contribution in [3.63, 3.8) is 0 Å². The molecular weight excluding hydrogens is 226 g/mol. The van der Waals surface area contributed by atoms with Gasteiger partial charge in [-0.25, -0.2) is 0 Å². The van der Waals surface area contributed by atoms with E-state index in [9.17, 15) is 5.26 Å². The van der Waals surface area contributed by atoms with Crippen molar-refractivity contribution in [1.29, 1.82) is 5.26 Å². The molecule has 0 unspecified atom stereocenters. The first kappa shape index (κ1) is 12.7. The van der Waals surface area contributed by atoms with Crippen LogP contribution in [0.15, 0.2) is 24.3 Å². The van der Waals surface area contributed by atoms with E-state index in [0.29, 0.717) is 0 Å². The number of nitrogens with one attached hydrogen (secondary N) is 1. The fourth-order valence-electron chi connectivity index (χ4n) is 2.24. The van der Waals surface area contributed by atoms with E-state index in [2.05, 4.69) is 23.3 Å². The molecule has 0 aliphatic carbocycles. The minimum Gasteiger partial charge on any atom is -0.497 e. The van der Waals surface area contributed by atoms with Gasteiger partial charge < -0.3 is 15.0 Å². The van der Waals surface area contributed by atoms with Crippen LogP contribution in [0.4, 0.5) is 5.69 Å². The number of anilines is 1. The second-order valence-corrected chi connectivity index (χ2v) is 4.85. The molecule has 0 aromatic heterocycles. The third kappa shape index (κ3) is 2.74. The molecule has 0 bridgehead atoms. The van der Waals surface area contributed by atoms with Crippen LogP contribution >= 0.6 is 0 Å². The molecule has 4 nitrogen and oxygen atoms in total. The molecule has 0 radical (unpaired) electrons. The van der Waals surface area contributed by atoms with Crippen LogP contribution < -0.4 is 10.1 Å². The minimum atomic E-state index is -0.446. The number of hydrogen-bond acceptors (Lipinski definition) is 4. The van der Waals surface area contributed by atoms with Crippen molar-refractivity contribution in [2.24, 2.45) is 0 Å². The Balaban J connectivity index is 2.13. The molecule has 1 heterocycles. The lowest BCUT2D eigenvalue weighted by molar-refractivity contribution is 0.235. The van der Waals surface area contributed by atoms with Gasteiger partial charge >= 0.3 is 0 Å². The fraction of sp³-hybridized carbons (Fsp3) is 0.500. The Morgan fingerprint density at radius 3 is 2.72 bits per heavy atom. The first-order valence-electron chi connectivity index (χ1n) is 6.19. The number of ether oxygens (including phenoxy) is 1. The Kier molecular flexibility index (Phi) is 3.73. The zero-order valence-corrected chi connectivity index (χ0v) is 10.9. The van der Waals surface area contributed by atoms with Crippen LogP contribution in [0.25, 0.3) is 0 Å². The molecule has 1 aromatic carbocycles. The molecule has 1 aliphatic heterocycles. The molecule has 1 aromatic rings. The van der Waals surface area contributed by atoms with Gasteiger partial charge in [-0.3, -0.25) is 0 Å². The highest BCUT2D eigenvalue weighted by atomic mass is 16.5. The van der Waals surface area contributed by atoms with E-state index in [0.717, 1.165) is 37.4 Å². The lowest BCUT2D eigenvalue weighted by Gasteiger charge is -2.36. The predicted octanol–water partition coefficient (Wildman–Crippen LogP) is 2.10. The summed E-state index contributed by atoms with van der Waals surface area (Å²) < 4.78 is 5.20. The number of nitriles is 1. The largest absolute Gasteiger partial charge is 0.497 e. The molecule has 0 spiro atoms. The number of rotatable bonds is 3. The van der Waals surface area contributed by atoms with Crippen LogP contribution in [0.1, 0.15) is 12.8 Å². The van der Waals surface area contributed by atoms with E-state index in [4.69, 9.17) is 4.74 Å². The molecule has 1 saturated heterocycles. The van der Waals surface area contributed by atoms with Gasteiger partial charge in [-0.1, -0.05) is 6.07 Å². The quantitative estimate of drug-likeness (QED) is 0.886. The summed E-state index contributed by atoms with van der Waals surface area (Å²) in [6.45, 7) is 1.90. The third-order valence-electron chi connectivity index (χ3n) is 3.51. The van der Waals surface area contributed by atoms with E-state index >= 15 is 0 Å². The maximum Gasteiger partial charge on any atom is 0.127 e. The summed E-state index contributed by atoms with van der Waals surface area (Å²) in [6, 6.07) is 10.2. The van der Waals surface area contributed by atoms with Crippen LogP contribution in [0, 0.1) is 11.3 Å². The fourth-order valence-corrected chi connectivity index (χ4v) is 2.24. The summed E-state index contributed by atoms with van der Waals surface area (Å²) in [7, 11) is 3.74. The van der Waals surface area contributed by atoms with Crippen LogP contribution in [0.5, 0.6) is 5.75 Å². The molecular formula is C14H19N3O. The van der Waals surface area contributed by atoms with Gasteiger partial charge in [0, 0.05) is 24.8 Å². The normalized spacial score (nSPS) is 18.9. The highest BCUT2D eigenvalue weighted by Gasteiger charge is 2.33. The summed E-state index contributed by atoms with van der Waals surface area (Å²) in [5.74, 6) is 0.806. The molecule has 0 amide bonds. The highest BCUT2D eigenvalue weighted by Crippen LogP contribution is 2.27.